The van der Waals surface area contributed by atoms with Gasteiger partial charge in [0.25, 0.3) is 0 Å². The number of benzene rings is 2. The van der Waals surface area contributed by atoms with Gasteiger partial charge >= 0.3 is 0 Å². The third-order valence-corrected chi connectivity index (χ3v) is 5.93. The van der Waals surface area contributed by atoms with Crippen LogP contribution in [-0.2, 0) is 5.41 Å². The molecule has 0 aliphatic rings. The summed E-state index contributed by atoms with van der Waals surface area (Å²) in [4.78, 5) is 0. The van der Waals surface area contributed by atoms with Gasteiger partial charge in [0.2, 0.25) is 0 Å². The van der Waals surface area contributed by atoms with Crippen LogP contribution in [0, 0.1) is 5.92 Å². The summed E-state index contributed by atoms with van der Waals surface area (Å²) in [5.74, 6) is 1.26. The Kier molecular flexibility index (Phi) is 6.10. The van der Waals surface area contributed by atoms with Gasteiger partial charge in [-0.2, -0.15) is 0 Å². The van der Waals surface area contributed by atoms with Gasteiger partial charge in [0, 0.05) is 11.4 Å². The van der Waals surface area contributed by atoms with E-state index in [1.165, 1.54) is 17.5 Å². The van der Waals surface area contributed by atoms with E-state index in [2.05, 4.69) is 95.4 Å². The molecule has 0 aromatic heterocycles. The zero-order chi connectivity index (χ0) is 17.7. The van der Waals surface area contributed by atoms with E-state index in [-0.39, 0.29) is 5.41 Å². The van der Waals surface area contributed by atoms with E-state index in [1.54, 1.807) is 0 Å². The molecule has 130 valence electrons. The average Bonchev–Trinajstić information content (AvgIpc) is 2.61. The lowest BCUT2D eigenvalue weighted by Crippen LogP contribution is -2.27. The highest BCUT2D eigenvalue weighted by atomic mass is 14.9. The Balaban J connectivity index is 2.12. The van der Waals surface area contributed by atoms with E-state index in [9.17, 15) is 0 Å². The standard InChI is InChI=1S/C23H33N/c1-7-18(5)19-9-13-21(14-10-19)24-22-15-11-20(12-16-22)23(6,8-2)17(3)4/h9-18,24H,7-8H2,1-6H3. The second-order valence-electron chi connectivity index (χ2n) is 7.56. The van der Waals surface area contributed by atoms with Crippen LogP contribution >= 0.6 is 0 Å². The van der Waals surface area contributed by atoms with Gasteiger partial charge in [-0.1, -0.05) is 65.8 Å². The summed E-state index contributed by atoms with van der Waals surface area (Å²) in [6, 6.07) is 17.8. The first kappa shape index (κ1) is 18.6. The van der Waals surface area contributed by atoms with Crippen molar-refractivity contribution < 1.29 is 0 Å². The molecule has 2 aromatic rings. The first-order valence-corrected chi connectivity index (χ1v) is 9.38. The molecular weight excluding hydrogens is 290 g/mol. The lowest BCUT2D eigenvalue weighted by molar-refractivity contribution is 0.326. The normalized spacial score (nSPS) is 15.1. The van der Waals surface area contributed by atoms with Crippen molar-refractivity contribution in [3.05, 3.63) is 59.7 Å². The molecule has 0 aliphatic heterocycles. The molecule has 1 heteroatoms. The summed E-state index contributed by atoms with van der Waals surface area (Å²) in [5, 5.41) is 3.51. The summed E-state index contributed by atoms with van der Waals surface area (Å²) >= 11 is 0. The van der Waals surface area contributed by atoms with Crippen LogP contribution < -0.4 is 5.32 Å². The van der Waals surface area contributed by atoms with Gasteiger partial charge < -0.3 is 5.32 Å². The molecule has 0 heterocycles. The van der Waals surface area contributed by atoms with Crippen molar-refractivity contribution in [2.24, 2.45) is 5.92 Å². The summed E-state index contributed by atoms with van der Waals surface area (Å²) < 4.78 is 0. The highest BCUT2D eigenvalue weighted by molar-refractivity contribution is 5.60. The van der Waals surface area contributed by atoms with E-state index in [4.69, 9.17) is 0 Å². The molecule has 0 spiro atoms. The Morgan fingerprint density at radius 3 is 1.75 bits per heavy atom. The van der Waals surface area contributed by atoms with E-state index in [0.717, 1.165) is 17.8 Å². The number of hydrogen-bond acceptors (Lipinski definition) is 1. The largest absolute Gasteiger partial charge is 0.356 e. The monoisotopic (exact) mass is 323 g/mol. The Labute approximate surface area is 148 Å². The van der Waals surface area contributed by atoms with Crippen LogP contribution in [0.5, 0.6) is 0 Å². The smallest absolute Gasteiger partial charge is 0.0384 e. The van der Waals surface area contributed by atoms with E-state index >= 15 is 0 Å². The van der Waals surface area contributed by atoms with Gasteiger partial charge in [-0.25, -0.2) is 0 Å². The molecule has 2 rings (SSSR count). The molecule has 0 saturated carbocycles. The summed E-state index contributed by atoms with van der Waals surface area (Å²) in [7, 11) is 0. The van der Waals surface area contributed by atoms with Crippen LogP contribution in [0.15, 0.2) is 48.5 Å². The van der Waals surface area contributed by atoms with Gasteiger partial charge in [0.15, 0.2) is 0 Å². The van der Waals surface area contributed by atoms with E-state index < -0.39 is 0 Å². The number of hydrogen-bond donors (Lipinski definition) is 1. The highest BCUT2D eigenvalue weighted by Crippen LogP contribution is 2.35. The molecule has 0 saturated heterocycles. The quantitative estimate of drug-likeness (QED) is 0.565. The van der Waals surface area contributed by atoms with Crippen LogP contribution in [0.2, 0.25) is 0 Å². The Morgan fingerprint density at radius 2 is 1.33 bits per heavy atom. The zero-order valence-corrected chi connectivity index (χ0v) is 16.2. The van der Waals surface area contributed by atoms with E-state index in [0.29, 0.717) is 11.8 Å². The van der Waals surface area contributed by atoms with Gasteiger partial charge in [0.1, 0.15) is 0 Å². The van der Waals surface area contributed by atoms with Crippen molar-refractivity contribution in [1.82, 2.24) is 0 Å². The van der Waals surface area contributed by atoms with Crippen molar-refractivity contribution in [1.29, 1.82) is 0 Å². The predicted molar refractivity (Wildman–Crippen MR) is 107 cm³/mol. The highest BCUT2D eigenvalue weighted by Gasteiger charge is 2.28. The minimum atomic E-state index is 0.246. The van der Waals surface area contributed by atoms with Gasteiger partial charge in [-0.3, -0.25) is 0 Å². The fraction of sp³-hybridized carbons (Fsp3) is 0.478. The van der Waals surface area contributed by atoms with Crippen molar-refractivity contribution in [3.8, 4) is 0 Å². The molecule has 2 atom stereocenters. The molecule has 1 N–H and O–H groups in total. The Bertz CT molecular complexity index is 624. The fourth-order valence-corrected chi connectivity index (χ4v) is 3.18. The predicted octanol–water partition coefficient (Wildman–Crippen LogP) is 7.27. The first-order valence-electron chi connectivity index (χ1n) is 9.38. The van der Waals surface area contributed by atoms with Crippen molar-refractivity contribution >= 4 is 11.4 Å². The molecule has 0 bridgehead atoms. The molecule has 2 aromatic carbocycles. The molecule has 0 fully saturated rings. The number of anilines is 2. The second-order valence-corrected chi connectivity index (χ2v) is 7.56. The number of nitrogens with one attached hydrogen (secondary N) is 1. The fourth-order valence-electron chi connectivity index (χ4n) is 3.18. The van der Waals surface area contributed by atoms with Gasteiger partial charge in [0.05, 0.1) is 0 Å². The topological polar surface area (TPSA) is 12.0 Å². The third-order valence-electron chi connectivity index (χ3n) is 5.93. The molecule has 0 aliphatic carbocycles. The maximum Gasteiger partial charge on any atom is 0.0384 e. The maximum absolute atomic E-state index is 3.51. The third kappa shape index (κ3) is 4.01. The summed E-state index contributed by atoms with van der Waals surface area (Å²) in [5.41, 5.74) is 5.39. The maximum atomic E-state index is 3.51. The summed E-state index contributed by atoms with van der Waals surface area (Å²) in [6.07, 6.45) is 2.34. The van der Waals surface area contributed by atoms with Crippen molar-refractivity contribution in [3.63, 3.8) is 0 Å². The lowest BCUT2D eigenvalue weighted by atomic mass is 9.71. The van der Waals surface area contributed by atoms with Crippen LogP contribution in [0.1, 0.15) is 71.4 Å². The number of rotatable bonds is 7. The van der Waals surface area contributed by atoms with Gasteiger partial charge in [-0.05, 0) is 65.5 Å². The van der Waals surface area contributed by atoms with Crippen LogP contribution in [-0.4, -0.2) is 0 Å². The molecular formula is C23H33N. The zero-order valence-electron chi connectivity index (χ0n) is 16.2. The minimum absolute atomic E-state index is 0.246. The van der Waals surface area contributed by atoms with Crippen LogP contribution in [0.25, 0.3) is 0 Å². The van der Waals surface area contributed by atoms with Crippen molar-refractivity contribution in [2.45, 2.75) is 65.7 Å². The van der Waals surface area contributed by atoms with Gasteiger partial charge in [-0.15, -0.1) is 0 Å². The average molecular weight is 324 g/mol. The van der Waals surface area contributed by atoms with E-state index in [1.807, 2.05) is 0 Å². The molecule has 2 unspecified atom stereocenters. The minimum Gasteiger partial charge on any atom is -0.356 e. The second kappa shape index (κ2) is 7.88. The Morgan fingerprint density at radius 1 is 0.833 bits per heavy atom. The van der Waals surface area contributed by atoms with Crippen molar-refractivity contribution in [2.75, 3.05) is 5.32 Å². The Hall–Kier alpha value is -1.76. The lowest BCUT2D eigenvalue weighted by Gasteiger charge is -2.33. The molecule has 0 radical (unpaired) electrons. The van der Waals surface area contributed by atoms with Crippen LogP contribution in [0.3, 0.4) is 0 Å². The molecule has 24 heavy (non-hydrogen) atoms. The molecule has 1 nitrogen and oxygen atoms in total. The first-order chi connectivity index (χ1) is 11.4. The SMILES string of the molecule is CCC(C)c1ccc(Nc2ccc(C(C)(CC)C(C)C)cc2)cc1. The van der Waals surface area contributed by atoms with Crippen LogP contribution in [0.4, 0.5) is 11.4 Å². The molecule has 0 amide bonds. The summed E-state index contributed by atoms with van der Waals surface area (Å²) in [6.45, 7) is 13.8.